The Hall–Kier alpha value is -2.76. The van der Waals surface area contributed by atoms with Crippen molar-refractivity contribution in [2.24, 2.45) is 0 Å². The SMILES string of the molecule is Nc1nc(SCC(=O)N2CCN(CC(=O)Nc3cccc(F)c3)CC2)nc2sccc12. The summed E-state index contributed by atoms with van der Waals surface area (Å²) in [5.74, 6) is 0.0515. The maximum atomic E-state index is 13.2. The van der Waals surface area contributed by atoms with Crippen molar-refractivity contribution in [2.45, 2.75) is 5.16 Å². The standard InChI is InChI=1S/C20H21FN6O2S2/c21-13-2-1-3-14(10-13)23-16(28)11-26-5-7-27(8-6-26)17(29)12-31-20-24-18(22)15-4-9-30-19(15)25-20/h1-4,9-10H,5-8,11-12H2,(H,23,28)(H2,22,24,25). The van der Waals surface area contributed by atoms with Gasteiger partial charge in [0, 0.05) is 31.9 Å². The second-order valence-electron chi connectivity index (χ2n) is 7.03. The minimum Gasteiger partial charge on any atom is -0.383 e. The van der Waals surface area contributed by atoms with Crippen LogP contribution in [0.15, 0.2) is 40.9 Å². The zero-order chi connectivity index (χ0) is 21.8. The van der Waals surface area contributed by atoms with Crippen LogP contribution in [0.2, 0.25) is 0 Å². The zero-order valence-corrected chi connectivity index (χ0v) is 18.2. The molecule has 3 N–H and O–H groups in total. The molecule has 31 heavy (non-hydrogen) atoms. The van der Waals surface area contributed by atoms with Gasteiger partial charge in [-0.3, -0.25) is 14.5 Å². The van der Waals surface area contributed by atoms with E-state index in [0.29, 0.717) is 42.8 Å². The molecule has 4 rings (SSSR count). The van der Waals surface area contributed by atoms with E-state index in [2.05, 4.69) is 15.3 Å². The van der Waals surface area contributed by atoms with Crippen molar-refractivity contribution in [1.82, 2.24) is 19.8 Å². The smallest absolute Gasteiger partial charge is 0.238 e. The van der Waals surface area contributed by atoms with Gasteiger partial charge in [-0.2, -0.15) is 0 Å². The van der Waals surface area contributed by atoms with Gasteiger partial charge in [0.25, 0.3) is 0 Å². The van der Waals surface area contributed by atoms with E-state index in [9.17, 15) is 14.0 Å². The molecule has 2 amide bonds. The number of carbonyl (C=O) groups excluding carboxylic acids is 2. The molecule has 0 saturated carbocycles. The Kier molecular flexibility index (Phi) is 6.64. The number of rotatable bonds is 6. The van der Waals surface area contributed by atoms with Crippen LogP contribution in [0.4, 0.5) is 15.9 Å². The van der Waals surface area contributed by atoms with Crippen LogP contribution in [0, 0.1) is 5.82 Å². The number of anilines is 2. The van der Waals surface area contributed by atoms with Crippen LogP contribution in [0.3, 0.4) is 0 Å². The van der Waals surface area contributed by atoms with Gasteiger partial charge in [0.2, 0.25) is 11.8 Å². The average Bonchev–Trinajstić information content (AvgIpc) is 3.22. The number of thioether (sulfide) groups is 1. The van der Waals surface area contributed by atoms with Crippen molar-refractivity contribution in [3.8, 4) is 0 Å². The fourth-order valence-corrected chi connectivity index (χ4v) is 4.85. The van der Waals surface area contributed by atoms with E-state index in [4.69, 9.17) is 5.73 Å². The number of carbonyl (C=O) groups is 2. The molecule has 1 fully saturated rings. The van der Waals surface area contributed by atoms with Gasteiger partial charge < -0.3 is 16.0 Å². The number of hydrogen-bond acceptors (Lipinski definition) is 8. The number of nitrogens with two attached hydrogens (primary N) is 1. The molecular weight excluding hydrogens is 439 g/mol. The molecule has 0 atom stereocenters. The number of benzene rings is 1. The highest BCUT2D eigenvalue weighted by Gasteiger charge is 2.23. The Morgan fingerprint density at radius 3 is 2.77 bits per heavy atom. The second kappa shape index (κ2) is 9.58. The van der Waals surface area contributed by atoms with Crippen molar-refractivity contribution in [3.63, 3.8) is 0 Å². The summed E-state index contributed by atoms with van der Waals surface area (Å²) in [5.41, 5.74) is 6.38. The molecule has 0 aliphatic carbocycles. The molecule has 2 aromatic heterocycles. The third-order valence-electron chi connectivity index (χ3n) is 4.86. The van der Waals surface area contributed by atoms with Gasteiger partial charge >= 0.3 is 0 Å². The Labute approximate surface area is 186 Å². The van der Waals surface area contributed by atoms with Crippen LogP contribution in [0.1, 0.15) is 0 Å². The van der Waals surface area contributed by atoms with Crippen molar-refractivity contribution in [1.29, 1.82) is 0 Å². The summed E-state index contributed by atoms with van der Waals surface area (Å²) in [7, 11) is 0. The van der Waals surface area contributed by atoms with E-state index in [1.54, 1.807) is 17.0 Å². The van der Waals surface area contributed by atoms with Gasteiger partial charge in [0.15, 0.2) is 5.16 Å². The lowest BCUT2D eigenvalue weighted by molar-refractivity contribution is -0.130. The summed E-state index contributed by atoms with van der Waals surface area (Å²) in [6.45, 7) is 2.47. The number of piperazine rings is 1. The average molecular weight is 461 g/mol. The lowest BCUT2D eigenvalue weighted by atomic mass is 10.3. The molecule has 3 aromatic rings. The summed E-state index contributed by atoms with van der Waals surface area (Å²) in [6, 6.07) is 7.67. The molecule has 1 aliphatic rings. The van der Waals surface area contributed by atoms with E-state index in [-0.39, 0.29) is 24.1 Å². The highest BCUT2D eigenvalue weighted by Crippen LogP contribution is 2.26. The quantitative estimate of drug-likeness (QED) is 0.430. The topological polar surface area (TPSA) is 104 Å². The number of thiophene rings is 1. The first-order valence-electron chi connectivity index (χ1n) is 9.67. The molecule has 0 radical (unpaired) electrons. The van der Waals surface area contributed by atoms with Gasteiger partial charge in [0.05, 0.1) is 17.7 Å². The lowest BCUT2D eigenvalue weighted by Gasteiger charge is -2.34. The van der Waals surface area contributed by atoms with Gasteiger partial charge in [-0.1, -0.05) is 17.8 Å². The number of aromatic nitrogens is 2. The molecule has 1 aromatic carbocycles. The zero-order valence-electron chi connectivity index (χ0n) is 16.6. The van der Waals surface area contributed by atoms with Gasteiger partial charge in [-0.05, 0) is 29.6 Å². The van der Waals surface area contributed by atoms with Crippen LogP contribution in [0.25, 0.3) is 10.2 Å². The van der Waals surface area contributed by atoms with E-state index in [1.807, 2.05) is 16.3 Å². The van der Waals surface area contributed by atoms with Crippen molar-refractivity contribution < 1.29 is 14.0 Å². The highest BCUT2D eigenvalue weighted by atomic mass is 32.2. The molecule has 0 spiro atoms. The minimum absolute atomic E-state index is 0.00214. The third-order valence-corrected chi connectivity index (χ3v) is 6.50. The molecule has 162 valence electrons. The number of fused-ring (bicyclic) bond motifs is 1. The fourth-order valence-electron chi connectivity index (χ4n) is 3.27. The maximum Gasteiger partial charge on any atom is 0.238 e. The Morgan fingerprint density at radius 2 is 2.00 bits per heavy atom. The number of halogens is 1. The molecule has 0 unspecified atom stereocenters. The maximum absolute atomic E-state index is 13.2. The Morgan fingerprint density at radius 1 is 1.19 bits per heavy atom. The number of nitrogens with zero attached hydrogens (tertiary/aromatic N) is 4. The number of nitrogens with one attached hydrogen (secondary N) is 1. The van der Waals surface area contributed by atoms with E-state index >= 15 is 0 Å². The Bertz CT molecular complexity index is 1100. The van der Waals surface area contributed by atoms with E-state index in [1.165, 1.54) is 35.2 Å². The van der Waals surface area contributed by atoms with Crippen molar-refractivity contribution in [2.75, 3.05) is 49.5 Å². The molecular formula is C20H21FN6O2S2. The number of nitrogen functional groups attached to an aromatic ring is 1. The molecule has 3 heterocycles. The van der Waals surface area contributed by atoms with Crippen LogP contribution >= 0.6 is 23.1 Å². The number of hydrogen-bond donors (Lipinski definition) is 2. The number of amides is 2. The normalized spacial score (nSPS) is 14.7. The molecule has 8 nitrogen and oxygen atoms in total. The first-order chi connectivity index (χ1) is 15.0. The summed E-state index contributed by atoms with van der Waals surface area (Å²) in [4.78, 5) is 38.0. The first-order valence-corrected chi connectivity index (χ1v) is 11.5. The van der Waals surface area contributed by atoms with Crippen LogP contribution in [-0.2, 0) is 9.59 Å². The largest absolute Gasteiger partial charge is 0.383 e. The molecule has 1 saturated heterocycles. The minimum atomic E-state index is -0.397. The first kappa shape index (κ1) is 21.5. The van der Waals surface area contributed by atoms with Crippen LogP contribution in [0.5, 0.6) is 0 Å². The van der Waals surface area contributed by atoms with Crippen LogP contribution < -0.4 is 11.1 Å². The molecule has 11 heteroatoms. The van der Waals surface area contributed by atoms with Crippen LogP contribution in [-0.4, -0.2) is 70.1 Å². The predicted octanol–water partition coefficient (Wildman–Crippen LogP) is 2.29. The molecule has 0 bridgehead atoms. The monoisotopic (exact) mass is 460 g/mol. The van der Waals surface area contributed by atoms with Gasteiger partial charge in [-0.25, -0.2) is 14.4 Å². The van der Waals surface area contributed by atoms with Gasteiger partial charge in [0.1, 0.15) is 16.5 Å². The third kappa shape index (κ3) is 5.49. The highest BCUT2D eigenvalue weighted by molar-refractivity contribution is 7.99. The van der Waals surface area contributed by atoms with Crippen molar-refractivity contribution >= 4 is 56.6 Å². The van der Waals surface area contributed by atoms with E-state index < -0.39 is 5.82 Å². The summed E-state index contributed by atoms with van der Waals surface area (Å²) in [5, 5.41) is 5.93. The van der Waals surface area contributed by atoms with Gasteiger partial charge in [-0.15, -0.1) is 11.3 Å². The molecule has 1 aliphatic heterocycles. The lowest BCUT2D eigenvalue weighted by Crippen LogP contribution is -2.50. The van der Waals surface area contributed by atoms with Crippen molar-refractivity contribution in [3.05, 3.63) is 41.5 Å². The summed E-state index contributed by atoms with van der Waals surface area (Å²) < 4.78 is 13.2. The van der Waals surface area contributed by atoms with E-state index in [0.717, 1.165) is 10.2 Å². The Balaban J connectivity index is 1.22. The second-order valence-corrected chi connectivity index (χ2v) is 8.87. The summed E-state index contributed by atoms with van der Waals surface area (Å²) >= 11 is 2.76. The fraction of sp³-hybridized carbons (Fsp3) is 0.300. The summed E-state index contributed by atoms with van der Waals surface area (Å²) in [6.07, 6.45) is 0. The predicted molar refractivity (Wildman–Crippen MR) is 121 cm³/mol.